The average Bonchev–Trinajstić information content (AvgIpc) is 2.04. The number of amides is 2. The van der Waals surface area contributed by atoms with Crippen LogP contribution in [0.3, 0.4) is 0 Å². The molecule has 6 heteroatoms. The Bertz CT molecular complexity index is 189. The number of hydrogen-bond donors (Lipinski definition) is 3. The Morgan fingerprint density at radius 1 is 1.17 bits per heavy atom. The molecule has 0 aromatic rings. The fraction of sp³-hybridized carbons (Fsp3) is 0.667. The van der Waals surface area contributed by atoms with E-state index >= 15 is 0 Å². The van der Waals surface area contributed by atoms with Crippen LogP contribution >= 0.6 is 11.8 Å². The van der Waals surface area contributed by atoms with Crippen LogP contribution < -0.4 is 16.8 Å². The van der Waals surface area contributed by atoms with E-state index in [1.165, 1.54) is 11.8 Å². The molecule has 5 N–H and O–H groups in total. The number of nitrogens with one attached hydrogen (secondary N) is 1. The molecule has 1 aliphatic rings. The minimum Gasteiger partial charge on any atom is -0.368 e. The third-order valence-electron chi connectivity index (χ3n) is 1.66. The molecule has 0 spiro atoms. The van der Waals surface area contributed by atoms with Crippen molar-refractivity contribution in [1.82, 2.24) is 5.32 Å². The first-order valence-corrected chi connectivity index (χ1v) is 4.69. The van der Waals surface area contributed by atoms with Crippen LogP contribution in [0.1, 0.15) is 0 Å². The second-order valence-corrected chi connectivity index (χ2v) is 3.69. The molecule has 1 fully saturated rings. The fourth-order valence-electron chi connectivity index (χ4n) is 0.971. The summed E-state index contributed by atoms with van der Waals surface area (Å²) in [5.74, 6) is 0.347. The monoisotopic (exact) mass is 189 g/mol. The highest BCUT2D eigenvalue weighted by atomic mass is 32.2. The van der Waals surface area contributed by atoms with E-state index in [-0.39, 0.29) is 0 Å². The van der Waals surface area contributed by atoms with Crippen molar-refractivity contribution >= 4 is 23.6 Å². The van der Waals surface area contributed by atoms with Crippen molar-refractivity contribution in [3.63, 3.8) is 0 Å². The molecule has 68 valence electrons. The Morgan fingerprint density at radius 3 is 1.92 bits per heavy atom. The van der Waals surface area contributed by atoms with Crippen molar-refractivity contribution in [2.45, 2.75) is 12.1 Å². The van der Waals surface area contributed by atoms with Gasteiger partial charge in [-0.2, -0.15) is 11.8 Å². The molecular weight excluding hydrogens is 178 g/mol. The summed E-state index contributed by atoms with van der Waals surface area (Å²) in [5.41, 5.74) is 10.1. The SMILES string of the molecule is NC(=O)[C@H]1CSC[C@H](C(N)=O)N1. The zero-order valence-corrected chi connectivity index (χ0v) is 7.26. The predicted octanol–water partition coefficient (Wildman–Crippen LogP) is -1.97. The number of nitrogens with two attached hydrogens (primary N) is 2. The normalized spacial score (nSPS) is 29.7. The predicted molar refractivity (Wildman–Crippen MR) is 46.4 cm³/mol. The van der Waals surface area contributed by atoms with Crippen LogP contribution in [0.2, 0.25) is 0 Å². The number of rotatable bonds is 2. The minimum absolute atomic E-state index is 0.429. The zero-order chi connectivity index (χ0) is 9.14. The third kappa shape index (κ3) is 2.12. The largest absolute Gasteiger partial charge is 0.368 e. The van der Waals surface area contributed by atoms with Gasteiger partial charge in [-0.05, 0) is 0 Å². The highest BCUT2D eigenvalue weighted by Gasteiger charge is 2.27. The molecule has 2 amide bonds. The topological polar surface area (TPSA) is 98.2 Å². The Kier molecular flexibility index (Phi) is 2.93. The van der Waals surface area contributed by atoms with Crippen LogP contribution in [0.15, 0.2) is 0 Å². The van der Waals surface area contributed by atoms with E-state index < -0.39 is 23.9 Å². The Balaban J connectivity index is 2.51. The molecule has 1 saturated heterocycles. The Hall–Kier alpha value is -0.750. The lowest BCUT2D eigenvalue weighted by Gasteiger charge is -2.26. The van der Waals surface area contributed by atoms with Crippen molar-refractivity contribution in [1.29, 1.82) is 0 Å². The van der Waals surface area contributed by atoms with Gasteiger partial charge in [0.2, 0.25) is 11.8 Å². The molecule has 1 heterocycles. The lowest BCUT2D eigenvalue weighted by atomic mass is 10.2. The smallest absolute Gasteiger partial charge is 0.235 e. The van der Waals surface area contributed by atoms with Gasteiger partial charge in [-0.15, -0.1) is 0 Å². The molecule has 5 nitrogen and oxygen atoms in total. The van der Waals surface area contributed by atoms with Crippen LogP contribution in [0.25, 0.3) is 0 Å². The lowest BCUT2D eigenvalue weighted by molar-refractivity contribution is -0.121. The molecule has 2 atom stereocenters. The molecule has 12 heavy (non-hydrogen) atoms. The lowest BCUT2D eigenvalue weighted by Crippen LogP contribution is -2.56. The first-order valence-electron chi connectivity index (χ1n) is 3.53. The number of thioether (sulfide) groups is 1. The molecule has 0 aromatic heterocycles. The molecule has 0 aliphatic carbocycles. The second-order valence-electron chi connectivity index (χ2n) is 2.61. The summed E-state index contributed by atoms with van der Waals surface area (Å²) in [4.78, 5) is 21.4. The summed E-state index contributed by atoms with van der Waals surface area (Å²) >= 11 is 1.50. The van der Waals surface area contributed by atoms with Gasteiger partial charge in [0.05, 0.1) is 12.1 Å². The van der Waals surface area contributed by atoms with E-state index in [0.717, 1.165) is 0 Å². The Labute approximate surface area is 74.2 Å². The first-order chi connectivity index (χ1) is 5.61. The summed E-state index contributed by atoms with van der Waals surface area (Å²) in [5, 5.41) is 2.78. The van der Waals surface area contributed by atoms with Gasteiger partial charge < -0.3 is 11.5 Å². The van der Waals surface area contributed by atoms with Crippen molar-refractivity contribution in [3.05, 3.63) is 0 Å². The standard InChI is InChI=1S/C6H11N3O2S/c7-5(10)3-1-12-2-4(9-3)6(8)11/h3-4,9H,1-2H2,(H2,7,10)(H2,8,11)/t3-,4-/m1/s1. The van der Waals surface area contributed by atoms with E-state index in [9.17, 15) is 9.59 Å². The van der Waals surface area contributed by atoms with Crippen LogP contribution in [-0.2, 0) is 9.59 Å². The third-order valence-corrected chi connectivity index (χ3v) is 2.80. The van der Waals surface area contributed by atoms with Crippen molar-refractivity contribution in [3.8, 4) is 0 Å². The van der Waals surface area contributed by atoms with Crippen molar-refractivity contribution in [2.24, 2.45) is 11.5 Å². The van der Waals surface area contributed by atoms with Gasteiger partial charge in [-0.1, -0.05) is 0 Å². The van der Waals surface area contributed by atoms with Gasteiger partial charge in [-0.25, -0.2) is 0 Å². The fourth-order valence-corrected chi connectivity index (χ4v) is 2.10. The van der Waals surface area contributed by atoms with E-state index in [1.807, 2.05) is 0 Å². The summed E-state index contributed by atoms with van der Waals surface area (Å²) in [6.07, 6.45) is 0. The molecule has 0 bridgehead atoms. The number of carbonyl (C=O) groups is 2. The summed E-state index contributed by atoms with van der Waals surface area (Å²) in [7, 11) is 0. The van der Waals surface area contributed by atoms with Gasteiger partial charge >= 0.3 is 0 Å². The van der Waals surface area contributed by atoms with E-state index in [1.54, 1.807) is 0 Å². The number of hydrogen-bond acceptors (Lipinski definition) is 4. The maximum absolute atomic E-state index is 10.7. The second kappa shape index (κ2) is 3.77. The van der Waals surface area contributed by atoms with Crippen molar-refractivity contribution < 1.29 is 9.59 Å². The van der Waals surface area contributed by atoms with Gasteiger partial charge in [0.15, 0.2) is 0 Å². The van der Waals surface area contributed by atoms with E-state index in [2.05, 4.69) is 5.32 Å². The maximum atomic E-state index is 10.7. The van der Waals surface area contributed by atoms with Gasteiger partial charge in [-0.3, -0.25) is 14.9 Å². The summed E-state index contributed by atoms with van der Waals surface area (Å²) in [6, 6.07) is -0.859. The first kappa shape index (κ1) is 9.34. The molecule has 0 saturated carbocycles. The van der Waals surface area contributed by atoms with Crippen LogP contribution in [-0.4, -0.2) is 35.4 Å². The summed E-state index contributed by atoms with van der Waals surface area (Å²) in [6.45, 7) is 0. The van der Waals surface area contributed by atoms with Crippen molar-refractivity contribution in [2.75, 3.05) is 11.5 Å². The molecule has 0 unspecified atom stereocenters. The van der Waals surface area contributed by atoms with E-state index in [4.69, 9.17) is 11.5 Å². The molecule has 1 rings (SSSR count). The average molecular weight is 189 g/mol. The number of primary amides is 2. The van der Waals surface area contributed by atoms with Gasteiger partial charge in [0, 0.05) is 11.5 Å². The quantitative estimate of drug-likeness (QED) is 0.469. The summed E-state index contributed by atoms with van der Waals surface area (Å²) < 4.78 is 0. The molecule has 1 aliphatic heterocycles. The number of carbonyl (C=O) groups excluding carboxylic acids is 2. The molecule has 0 radical (unpaired) electrons. The van der Waals surface area contributed by atoms with Crippen LogP contribution in [0, 0.1) is 0 Å². The minimum atomic E-state index is -0.437. The van der Waals surface area contributed by atoms with E-state index in [0.29, 0.717) is 11.5 Å². The maximum Gasteiger partial charge on any atom is 0.235 e. The molecule has 0 aromatic carbocycles. The van der Waals surface area contributed by atoms with Crippen LogP contribution in [0.4, 0.5) is 0 Å². The highest BCUT2D eigenvalue weighted by molar-refractivity contribution is 7.99. The molecular formula is C6H11N3O2S. The van der Waals surface area contributed by atoms with Gasteiger partial charge in [0.25, 0.3) is 0 Å². The van der Waals surface area contributed by atoms with Crippen LogP contribution in [0.5, 0.6) is 0 Å². The Morgan fingerprint density at radius 2 is 1.58 bits per heavy atom. The highest BCUT2D eigenvalue weighted by Crippen LogP contribution is 2.11. The zero-order valence-electron chi connectivity index (χ0n) is 6.45. The van der Waals surface area contributed by atoms with Gasteiger partial charge in [0.1, 0.15) is 0 Å².